The Hall–Kier alpha value is -2.31. The molecule has 3 N–H and O–H groups in total. The van der Waals surface area contributed by atoms with Gasteiger partial charge in [0, 0.05) is 0 Å². The van der Waals surface area contributed by atoms with E-state index in [-0.39, 0.29) is 23.5 Å². The summed E-state index contributed by atoms with van der Waals surface area (Å²) in [4.78, 5) is 11.9. The highest BCUT2D eigenvalue weighted by molar-refractivity contribution is 7.88. The molecule has 0 heterocycles. The minimum absolute atomic E-state index is 0.0414. The molecular weight excluding hydrogens is 358 g/mol. The molecule has 1 aromatic rings. The summed E-state index contributed by atoms with van der Waals surface area (Å²) in [5, 5.41) is 17.1. The van der Waals surface area contributed by atoms with Gasteiger partial charge in [-0.3, -0.25) is 0 Å². The molecule has 1 aromatic carbocycles. The molecule has 1 rings (SSSR count). The van der Waals surface area contributed by atoms with Gasteiger partial charge >= 0.3 is 6.09 Å². The van der Waals surface area contributed by atoms with E-state index in [0.717, 1.165) is 0 Å². The summed E-state index contributed by atoms with van der Waals surface area (Å²) >= 11 is 0. The van der Waals surface area contributed by atoms with Crippen LogP contribution in [0.3, 0.4) is 0 Å². The number of nitrogens with zero attached hydrogens (tertiary/aromatic N) is 1. The predicted molar refractivity (Wildman–Crippen MR) is 96.9 cm³/mol. The second-order valence-corrected chi connectivity index (χ2v) is 9.12. The van der Waals surface area contributed by atoms with Crippen LogP contribution in [0.5, 0.6) is 5.75 Å². The van der Waals surface area contributed by atoms with Gasteiger partial charge in [0.05, 0.1) is 16.9 Å². The second-order valence-electron chi connectivity index (χ2n) is 7.51. The van der Waals surface area contributed by atoms with E-state index < -0.39 is 33.0 Å². The molecule has 8 nitrogen and oxygen atoms in total. The fraction of sp³-hybridized carbons (Fsp3) is 0.529. The lowest BCUT2D eigenvalue weighted by Crippen LogP contribution is -2.49. The van der Waals surface area contributed by atoms with E-state index in [0.29, 0.717) is 0 Å². The molecule has 0 aliphatic carbocycles. The maximum Gasteiger partial charge on any atom is 0.408 e. The number of hydrogen-bond donors (Lipinski definition) is 2. The summed E-state index contributed by atoms with van der Waals surface area (Å²) in [6.07, 6.45) is -0.588. The Bertz CT molecular complexity index is 805. The van der Waals surface area contributed by atoms with E-state index in [2.05, 4.69) is 5.32 Å². The largest absolute Gasteiger partial charge is 0.490 e. The van der Waals surface area contributed by atoms with Crippen molar-refractivity contribution < 1.29 is 22.7 Å². The predicted octanol–water partition coefficient (Wildman–Crippen LogP) is 2.03. The quantitative estimate of drug-likeness (QED) is 0.772. The number of primary sulfonamides is 1. The average molecular weight is 383 g/mol. The van der Waals surface area contributed by atoms with Crippen molar-refractivity contribution in [2.45, 2.75) is 51.5 Å². The number of ether oxygens (including phenoxy) is 2. The fourth-order valence-electron chi connectivity index (χ4n) is 2.03. The van der Waals surface area contributed by atoms with E-state index in [4.69, 9.17) is 14.6 Å². The van der Waals surface area contributed by atoms with Crippen LogP contribution in [-0.4, -0.2) is 32.3 Å². The first-order valence-electron chi connectivity index (χ1n) is 7.89. The summed E-state index contributed by atoms with van der Waals surface area (Å²) in [7, 11) is -3.78. The summed E-state index contributed by atoms with van der Waals surface area (Å²) in [5.41, 5.74) is -1.07. The normalized spacial score (nSPS) is 12.2. The summed E-state index contributed by atoms with van der Waals surface area (Å²) in [5.74, 6) is -0.250. The average Bonchev–Trinajstić information content (AvgIpc) is 2.40. The van der Waals surface area contributed by atoms with E-state index in [1.165, 1.54) is 6.07 Å². The lowest BCUT2D eigenvalue weighted by Gasteiger charge is -2.28. The topological polar surface area (TPSA) is 132 Å². The third kappa shape index (κ3) is 7.72. The van der Waals surface area contributed by atoms with Crippen LogP contribution in [0.4, 0.5) is 4.79 Å². The molecule has 0 saturated carbocycles. The molecule has 0 saturated heterocycles. The van der Waals surface area contributed by atoms with E-state index in [1.54, 1.807) is 46.8 Å². The van der Waals surface area contributed by atoms with Crippen molar-refractivity contribution in [3.05, 3.63) is 29.3 Å². The first-order valence-corrected chi connectivity index (χ1v) is 9.60. The molecule has 0 fully saturated rings. The van der Waals surface area contributed by atoms with E-state index >= 15 is 0 Å². The van der Waals surface area contributed by atoms with Crippen LogP contribution >= 0.6 is 0 Å². The van der Waals surface area contributed by atoms with Crippen LogP contribution in [0.2, 0.25) is 0 Å². The van der Waals surface area contributed by atoms with Crippen molar-refractivity contribution in [1.29, 1.82) is 5.26 Å². The zero-order chi connectivity index (χ0) is 20.2. The Morgan fingerprint density at radius 2 is 1.88 bits per heavy atom. The third-order valence-corrected chi connectivity index (χ3v) is 3.72. The van der Waals surface area contributed by atoms with Gasteiger partial charge in [-0.2, -0.15) is 5.26 Å². The SMILES string of the molecule is CC(C)(COc1cccc(CS(N)(=O)=O)c1C#N)NC(=O)OC(C)(C)C. The number of nitrogens with one attached hydrogen (secondary N) is 1. The smallest absolute Gasteiger partial charge is 0.408 e. The molecule has 0 spiro atoms. The molecule has 0 bridgehead atoms. The Morgan fingerprint density at radius 1 is 1.27 bits per heavy atom. The Kier molecular flexibility index (Phi) is 6.63. The first-order chi connectivity index (χ1) is 11.7. The van der Waals surface area contributed by atoms with Gasteiger partial charge in [0.2, 0.25) is 10.0 Å². The van der Waals surface area contributed by atoms with Gasteiger partial charge in [-0.05, 0) is 46.2 Å². The van der Waals surface area contributed by atoms with Crippen molar-refractivity contribution in [2.24, 2.45) is 5.14 Å². The number of hydrogen-bond acceptors (Lipinski definition) is 6. The van der Waals surface area contributed by atoms with Gasteiger partial charge in [-0.25, -0.2) is 18.4 Å². The highest BCUT2D eigenvalue weighted by Gasteiger charge is 2.26. The first kappa shape index (κ1) is 21.7. The van der Waals surface area contributed by atoms with Crippen LogP contribution in [0.1, 0.15) is 45.7 Å². The Morgan fingerprint density at radius 3 is 2.38 bits per heavy atom. The van der Waals surface area contributed by atoms with Crippen molar-refractivity contribution in [2.75, 3.05) is 6.61 Å². The van der Waals surface area contributed by atoms with Crippen molar-refractivity contribution in [3.63, 3.8) is 0 Å². The number of nitriles is 1. The van der Waals surface area contributed by atoms with Crippen molar-refractivity contribution >= 4 is 16.1 Å². The summed E-state index contributed by atoms with van der Waals surface area (Å²) < 4.78 is 33.5. The van der Waals surface area contributed by atoms with Crippen molar-refractivity contribution in [3.8, 4) is 11.8 Å². The van der Waals surface area contributed by atoms with Crippen LogP contribution in [-0.2, 0) is 20.5 Å². The highest BCUT2D eigenvalue weighted by atomic mass is 32.2. The molecule has 0 unspecified atom stereocenters. The van der Waals surface area contributed by atoms with Crippen LogP contribution < -0.4 is 15.2 Å². The molecule has 0 radical (unpaired) electrons. The lowest BCUT2D eigenvalue weighted by atomic mass is 10.1. The molecule has 9 heteroatoms. The van der Waals surface area contributed by atoms with Gasteiger partial charge in [0.1, 0.15) is 24.0 Å². The molecular formula is C17H25N3O5S. The number of amides is 1. The second kappa shape index (κ2) is 7.93. The van der Waals surface area contributed by atoms with Crippen LogP contribution in [0.15, 0.2) is 18.2 Å². The maximum atomic E-state index is 11.9. The van der Waals surface area contributed by atoms with Gasteiger partial charge in [-0.15, -0.1) is 0 Å². The molecule has 0 aliphatic rings. The van der Waals surface area contributed by atoms with Gasteiger partial charge in [-0.1, -0.05) is 12.1 Å². The monoisotopic (exact) mass is 383 g/mol. The molecule has 0 aromatic heterocycles. The van der Waals surface area contributed by atoms with Crippen molar-refractivity contribution in [1.82, 2.24) is 5.32 Å². The summed E-state index contributed by atoms with van der Waals surface area (Å²) in [6.45, 7) is 8.78. The molecule has 144 valence electrons. The number of nitrogens with two attached hydrogens (primary N) is 1. The number of benzene rings is 1. The lowest BCUT2D eigenvalue weighted by molar-refractivity contribution is 0.0441. The van der Waals surface area contributed by atoms with Gasteiger partial charge < -0.3 is 14.8 Å². The maximum absolute atomic E-state index is 11.9. The molecule has 0 atom stereocenters. The van der Waals surface area contributed by atoms with E-state index in [1.807, 2.05) is 6.07 Å². The highest BCUT2D eigenvalue weighted by Crippen LogP contribution is 2.24. The standard InChI is InChI=1S/C17H25N3O5S/c1-16(2,3)25-15(21)20-17(4,5)11-24-14-8-6-7-12(13(14)9-18)10-26(19,22)23/h6-8H,10-11H2,1-5H3,(H,20,21)(H2,19,22,23). The number of carbonyl (C=O) groups excluding carboxylic acids is 1. The Balaban J connectivity index is 2.88. The fourth-order valence-corrected chi connectivity index (χ4v) is 2.71. The van der Waals surface area contributed by atoms with E-state index in [9.17, 15) is 18.5 Å². The molecule has 1 amide bonds. The van der Waals surface area contributed by atoms with Crippen LogP contribution in [0, 0.1) is 11.3 Å². The minimum atomic E-state index is -3.78. The Labute approximate surface area is 154 Å². The van der Waals surface area contributed by atoms with Gasteiger partial charge in [0.25, 0.3) is 0 Å². The zero-order valence-electron chi connectivity index (χ0n) is 15.6. The number of alkyl carbamates (subject to hydrolysis) is 1. The van der Waals surface area contributed by atoms with Gasteiger partial charge in [0.15, 0.2) is 0 Å². The summed E-state index contributed by atoms with van der Waals surface area (Å²) in [6, 6.07) is 6.56. The number of sulfonamides is 1. The minimum Gasteiger partial charge on any atom is -0.490 e. The zero-order valence-corrected chi connectivity index (χ0v) is 16.4. The molecule has 26 heavy (non-hydrogen) atoms. The molecule has 0 aliphatic heterocycles. The number of carbonyl (C=O) groups is 1. The number of rotatable bonds is 6. The van der Waals surface area contributed by atoms with Crippen LogP contribution in [0.25, 0.3) is 0 Å². The third-order valence-electron chi connectivity index (χ3n) is 3.01.